The summed E-state index contributed by atoms with van der Waals surface area (Å²) in [7, 11) is -3.97. The van der Waals surface area contributed by atoms with Gasteiger partial charge in [-0.05, 0) is 37.5 Å². The van der Waals surface area contributed by atoms with Crippen molar-refractivity contribution in [2.45, 2.75) is 39.8 Å². The summed E-state index contributed by atoms with van der Waals surface area (Å²) in [6.07, 6.45) is 1.24. The van der Waals surface area contributed by atoms with E-state index < -0.39 is 33.4 Å². The average Bonchev–Trinajstić information content (AvgIpc) is 2.77. The monoisotopic (exact) mass is 490 g/mol. The van der Waals surface area contributed by atoms with E-state index in [1.165, 1.54) is 23.1 Å². The van der Waals surface area contributed by atoms with Crippen LogP contribution < -0.4 is 9.62 Å². The molecule has 0 bridgehead atoms. The van der Waals surface area contributed by atoms with Crippen LogP contribution in [0.15, 0.2) is 48.5 Å². The van der Waals surface area contributed by atoms with Crippen LogP contribution in [0.1, 0.15) is 31.4 Å². The number of nitrogens with zero attached hydrogens (tertiary/aromatic N) is 3. The Bertz CT molecular complexity index is 1150. The SMILES string of the molecule is CCNC(=O)C(CC)N(Cc1ccccc1C)C(=O)CN(c1cccc([N+](=O)[O-])c1)S(C)(=O)=O. The van der Waals surface area contributed by atoms with Gasteiger partial charge in [0.25, 0.3) is 5.69 Å². The number of nitro benzene ring substituents is 1. The van der Waals surface area contributed by atoms with Crippen molar-refractivity contribution in [1.29, 1.82) is 0 Å². The smallest absolute Gasteiger partial charge is 0.271 e. The van der Waals surface area contributed by atoms with Gasteiger partial charge in [0.15, 0.2) is 0 Å². The van der Waals surface area contributed by atoms with Gasteiger partial charge in [-0.15, -0.1) is 0 Å². The van der Waals surface area contributed by atoms with E-state index in [0.717, 1.165) is 27.8 Å². The topological polar surface area (TPSA) is 130 Å². The minimum absolute atomic E-state index is 0.00745. The zero-order chi connectivity index (χ0) is 25.5. The first-order valence-electron chi connectivity index (χ1n) is 10.8. The fourth-order valence-electron chi connectivity index (χ4n) is 3.56. The van der Waals surface area contributed by atoms with Crippen molar-refractivity contribution in [3.8, 4) is 0 Å². The van der Waals surface area contributed by atoms with Crippen molar-refractivity contribution < 1.29 is 22.9 Å². The van der Waals surface area contributed by atoms with Crippen LogP contribution in [-0.4, -0.2) is 55.4 Å². The zero-order valence-electron chi connectivity index (χ0n) is 19.7. The number of carbonyl (C=O) groups is 2. The molecule has 0 aliphatic rings. The van der Waals surface area contributed by atoms with Crippen LogP contribution in [0.2, 0.25) is 0 Å². The standard InChI is InChI=1S/C23H30N4O6S/c1-5-21(23(29)24-6-2)25(15-18-11-8-7-10-17(18)3)22(28)16-26(34(4,32)33)19-12-9-13-20(14-19)27(30)31/h7-14,21H,5-6,15-16H2,1-4H3,(H,24,29). The number of aryl methyl sites for hydroxylation is 1. The number of rotatable bonds is 11. The molecule has 1 N–H and O–H groups in total. The highest BCUT2D eigenvalue weighted by atomic mass is 32.2. The lowest BCUT2D eigenvalue weighted by Crippen LogP contribution is -2.52. The maximum Gasteiger partial charge on any atom is 0.271 e. The summed E-state index contributed by atoms with van der Waals surface area (Å²) >= 11 is 0. The number of benzene rings is 2. The summed E-state index contributed by atoms with van der Waals surface area (Å²) in [6.45, 7) is 5.30. The van der Waals surface area contributed by atoms with Crippen molar-refractivity contribution in [3.63, 3.8) is 0 Å². The fraction of sp³-hybridized carbons (Fsp3) is 0.391. The van der Waals surface area contributed by atoms with Gasteiger partial charge >= 0.3 is 0 Å². The Hall–Kier alpha value is -3.47. The molecule has 0 heterocycles. The summed E-state index contributed by atoms with van der Waals surface area (Å²) in [4.78, 5) is 38.2. The molecule has 34 heavy (non-hydrogen) atoms. The molecule has 0 aliphatic carbocycles. The van der Waals surface area contributed by atoms with Gasteiger partial charge in [0.1, 0.15) is 12.6 Å². The quantitative estimate of drug-likeness (QED) is 0.381. The number of anilines is 1. The Balaban J connectivity index is 2.48. The van der Waals surface area contributed by atoms with Gasteiger partial charge in [0.2, 0.25) is 21.8 Å². The molecule has 11 heteroatoms. The van der Waals surface area contributed by atoms with Crippen molar-refractivity contribution in [2.75, 3.05) is 23.7 Å². The molecule has 0 aromatic heterocycles. The third-order valence-corrected chi connectivity index (χ3v) is 6.49. The lowest BCUT2D eigenvalue weighted by atomic mass is 10.1. The van der Waals surface area contributed by atoms with E-state index >= 15 is 0 Å². The van der Waals surface area contributed by atoms with Crippen LogP contribution in [-0.2, 0) is 26.2 Å². The third-order valence-electron chi connectivity index (χ3n) is 5.35. The second-order valence-corrected chi connectivity index (χ2v) is 9.72. The number of nitro groups is 1. The van der Waals surface area contributed by atoms with Crippen LogP contribution in [0.5, 0.6) is 0 Å². The van der Waals surface area contributed by atoms with Gasteiger partial charge in [0.05, 0.1) is 16.9 Å². The van der Waals surface area contributed by atoms with Crippen LogP contribution in [0.3, 0.4) is 0 Å². The van der Waals surface area contributed by atoms with E-state index in [1.807, 2.05) is 31.2 Å². The molecule has 2 aromatic carbocycles. The normalized spacial score (nSPS) is 12.0. The van der Waals surface area contributed by atoms with Crippen LogP contribution >= 0.6 is 0 Å². The zero-order valence-corrected chi connectivity index (χ0v) is 20.5. The molecule has 10 nitrogen and oxygen atoms in total. The Kier molecular flexibility index (Phi) is 9.13. The number of sulfonamides is 1. The van der Waals surface area contributed by atoms with E-state index in [4.69, 9.17) is 0 Å². The first-order chi connectivity index (χ1) is 16.0. The number of hydrogen-bond acceptors (Lipinski definition) is 6. The summed E-state index contributed by atoms with van der Waals surface area (Å²) < 4.78 is 25.9. The Morgan fingerprint density at radius 2 is 1.79 bits per heavy atom. The highest BCUT2D eigenvalue weighted by Crippen LogP contribution is 2.24. The summed E-state index contributed by atoms with van der Waals surface area (Å²) in [6, 6.07) is 11.7. The molecule has 0 aliphatic heterocycles. The molecule has 0 radical (unpaired) electrons. The molecule has 1 atom stereocenters. The fourth-order valence-corrected chi connectivity index (χ4v) is 4.40. The second kappa shape index (κ2) is 11.6. The first kappa shape index (κ1) is 26.8. The van der Waals surface area contributed by atoms with Gasteiger partial charge in [-0.2, -0.15) is 0 Å². The summed E-state index contributed by atoms with van der Waals surface area (Å²) in [5.74, 6) is -0.938. The average molecular weight is 491 g/mol. The molecule has 0 saturated carbocycles. The van der Waals surface area contributed by atoms with E-state index in [1.54, 1.807) is 13.8 Å². The van der Waals surface area contributed by atoms with E-state index in [9.17, 15) is 28.1 Å². The van der Waals surface area contributed by atoms with E-state index in [2.05, 4.69) is 5.32 Å². The van der Waals surface area contributed by atoms with Crippen molar-refractivity contribution in [1.82, 2.24) is 10.2 Å². The highest BCUT2D eigenvalue weighted by Gasteiger charge is 2.32. The number of carbonyl (C=O) groups excluding carboxylic acids is 2. The Labute approximate surface area is 199 Å². The molecule has 2 aromatic rings. The predicted molar refractivity (Wildman–Crippen MR) is 130 cm³/mol. The molecule has 1 unspecified atom stereocenters. The minimum Gasteiger partial charge on any atom is -0.355 e. The third kappa shape index (κ3) is 6.77. The van der Waals surface area contributed by atoms with Gasteiger partial charge < -0.3 is 10.2 Å². The lowest BCUT2D eigenvalue weighted by Gasteiger charge is -2.33. The molecule has 0 saturated heterocycles. The molecule has 0 fully saturated rings. The maximum absolute atomic E-state index is 13.5. The van der Waals surface area contributed by atoms with E-state index in [0.29, 0.717) is 13.0 Å². The van der Waals surface area contributed by atoms with Crippen molar-refractivity contribution in [3.05, 3.63) is 69.8 Å². The minimum atomic E-state index is -3.97. The van der Waals surface area contributed by atoms with Gasteiger partial charge in [-0.25, -0.2) is 8.42 Å². The Morgan fingerprint density at radius 1 is 1.12 bits per heavy atom. The number of nitrogens with one attached hydrogen (secondary N) is 1. The van der Waals surface area contributed by atoms with Crippen molar-refractivity contribution >= 4 is 33.2 Å². The Morgan fingerprint density at radius 3 is 2.35 bits per heavy atom. The number of likely N-dealkylation sites (N-methyl/N-ethyl adjacent to an activating group) is 1. The predicted octanol–water partition coefficient (Wildman–Crippen LogP) is 2.61. The molecular formula is C23H30N4O6S. The van der Waals surface area contributed by atoms with Crippen LogP contribution in [0.4, 0.5) is 11.4 Å². The van der Waals surface area contributed by atoms with Gasteiger partial charge in [-0.3, -0.25) is 24.0 Å². The van der Waals surface area contributed by atoms with Crippen molar-refractivity contribution in [2.24, 2.45) is 0 Å². The molecular weight excluding hydrogens is 460 g/mol. The summed E-state index contributed by atoms with van der Waals surface area (Å²) in [5, 5.41) is 13.9. The molecule has 2 amide bonds. The molecule has 2 rings (SSSR count). The first-order valence-corrected chi connectivity index (χ1v) is 12.7. The second-order valence-electron chi connectivity index (χ2n) is 7.81. The van der Waals surface area contributed by atoms with Gasteiger partial charge in [0, 0.05) is 25.2 Å². The number of amides is 2. The van der Waals surface area contributed by atoms with E-state index in [-0.39, 0.29) is 23.8 Å². The van der Waals surface area contributed by atoms with Crippen LogP contribution in [0, 0.1) is 17.0 Å². The number of non-ortho nitro benzene ring substituents is 1. The molecule has 184 valence electrons. The maximum atomic E-state index is 13.5. The lowest BCUT2D eigenvalue weighted by molar-refractivity contribution is -0.384. The highest BCUT2D eigenvalue weighted by molar-refractivity contribution is 7.92. The summed E-state index contributed by atoms with van der Waals surface area (Å²) in [5.41, 5.74) is 1.43. The largest absolute Gasteiger partial charge is 0.355 e. The number of hydrogen-bond donors (Lipinski definition) is 1. The molecule has 0 spiro atoms. The van der Waals surface area contributed by atoms with Gasteiger partial charge in [-0.1, -0.05) is 37.3 Å². The van der Waals surface area contributed by atoms with Crippen LogP contribution in [0.25, 0.3) is 0 Å².